The summed E-state index contributed by atoms with van der Waals surface area (Å²) in [5.74, 6) is 1.03. The van der Waals surface area contributed by atoms with E-state index in [1.54, 1.807) is 18.6 Å². The van der Waals surface area contributed by atoms with Crippen LogP contribution in [0.15, 0.2) is 30.7 Å². The van der Waals surface area contributed by atoms with Crippen LogP contribution < -0.4 is 15.5 Å². The van der Waals surface area contributed by atoms with Gasteiger partial charge in [-0.3, -0.25) is 4.79 Å². The standard InChI is InChI=1S/C27H37N7O2/c1-3-17(2)23-15-21-24(31-18-5-7-20(35)8-6-18)22(16-30-25(21)33-23)26(36)32-19-9-13-34(14-10-19)27-28-11-4-12-29-27/h4,11-12,15-20,35H,3,5-10,13-14H2,1-2H3,(H,32,36)(H2,30,31,33). The van der Waals surface area contributed by atoms with Gasteiger partial charge in [-0.15, -0.1) is 0 Å². The zero-order chi connectivity index (χ0) is 25.1. The molecule has 1 amide bonds. The normalized spacial score (nSPS) is 21.9. The number of hydrogen-bond donors (Lipinski definition) is 4. The van der Waals surface area contributed by atoms with Crippen molar-refractivity contribution in [2.75, 3.05) is 23.3 Å². The highest BCUT2D eigenvalue weighted by atomic mass is 16.3. The molecule has 1 saturated heterocycles. The van der Waals surface area contributed by atoms with Gasteiger partial charge in [0, 0.05) is 54.8 Å². The summed E-state index contributed by atoms with van der Waals surface area (Å²) in [6, 6.07) is 4.28. The van der Waals surface area contributed by atoms with E-state index in [2.05, 4.69) is 55.4 Å². The molecule has 4 N–H and O–H groups in total. The second-order valence-corrected chi connectivity index (χ2v) is 10.3. The number of aromatic amines is 1. The van der Waals surface area contributed by atoms with Crippen molar-refractivity contribution in [3.05, 3.63) is 42.0 Å². The van der Waals surface area contributed by atoms with E-state index in [4.69, 9.17) is 0 Å². The van der Waals surface area contributed by atoms with Gasteiger partial charge in [-0.05, 0) is 63.0 Å². The molecule has 1 saturated carbocycles. The van der Waals surface area contributed by atoms with Crippen LogP contribution in [0.25, 0.3) is 11.0 Å². The predicted octanol–water partition coefficient (Wildman–Crippen LogP) is 3.98. The Morgan fingerprint density at radius 3 is 2.53 bits per heavy atom. The van der Waals surface area contributed by atoms with Crippen molar-refractivity contribution in [2.45, 2.75) is 82.9 Å². The maximum atomic E-state index is 13.5. The average molecular weight is 492 g/mol. The predicted molar refractivity (Wildman–Crippen MR) is 141 cm³/mol. The summed E-state index contributed by atoms with van der Waals surface area (Å²) < 4.78 is 0. The van der Waals surface area contributed by atoms with E-state index < -0.39 is 0 Å². The van der Waals surface area contributed by atoms with Crippen LogP contribution in [-0.2, 0) is 0 Å². The first-order valence-electron chi connectivity index (χ1n) is 13.3. The molecule has 0 aromatic carbocycles. The third kappa shape index (κ3) is 5.31. The van der Waals surface area contributed by atoms with Crippen LogP contribution in [0.5, 0.6) is 0 Å². The van der Waals surface area contributed by atoms with E-state index in [1.807, 2.05) is 6.07 Å². The third-order valence-electron chi connectivity index (χ3n) is 7.78. The molecule has 2 aliphatic rings. The van der Waals surface area contributed by atoms with Crippen LogP contribution in [0.2, 0.25) is 0 Å². The summed E-state index contributed by atoms with van der Waals surface area (Å²) in [6.45, 7) is 5.97. The van der Waals surface area contributed by atoms with Gasteiger partial charge in [0.2, 0.25) is 5.95 Å². The number of pyridine rings is 1. The van der Waals surface area contributed by atoms with Gasteiger partial charge < -0.3 is 25.6 Å². The highest BCUT2D eigenvalue weighted by molar-refractivity contribution is 6.07. The van der Waals surface area contributed by atoms with Crippen LogP contribution in [0.4, 0.5) is 11.6 Å². The molecule has 1 unspecified atom stereocenters. The molecule has 0 bridgehead atoms. The summed E-state index contributed by atoms with van der Waals surface area (Å²) >= 11 is 0. The van der Waals surface area contributed by atoms with Gasteiger partial charge in [0.05, 0.1) is 17.4 Å². The molecule has 1 aliphatic heterocycles. The fraction of sp³-hybridized carbons (Fsp3) is 0.556. The van der Waals surface area contributed by atoms with Crippen molar-refractivity contribution in [1.82, 2.24) is 25.3 Å². The minimum absolute atomic E-state index is 0.0905. The lowest BCUT2D eigenvalue weighted by Crippen LogP contribution is -2.45. The van der Waals surface area contributed by atoms with Crippen molar-refractivity contribution >= 4 is 28.6 Å². The third-order valence-corrected chi connectivity index (χ3v) is 7.78. The summed E-state index contributed by atoms with van der Waals surface area (Å²) in [7, 11) is 0. The number of anilines is 2. The molecule has 0 spiro atoms. The molecule has 0 radical (unpaired) electrons. The maximum Gasteiger partial charge on any atom is 0.255 e. The first-order chi connectivity index (χ1) is 17.5. The second kappa shape index (κ2) is 10.8. The molecule has 9 heteroatoms. The largest absolute Gasteiger partial charge is 0.393 e. The van der Waals surface area contributed by atoms with E-state index >= 15 is 0 Å². The minimum Gasteiger partial charge on any atom is -0.393 e. The maximum absolute atomic E-state index is 13.5. The quantitative estimate of drug-likeness (QED) is 0.395. The molecule has 3 aromatic heterocycles. The molecule has 192 valence electrons. The number of aliphatic hydroxyl groups excluding tert-OH is 1. The monoisotopic (exact) mass is 491 g/mol. The van der Waals surface area contributed by atoms with Crippen molar-refractivity contribution in [3.63, 3.8) is 0 Å². The number of amides is 1. The van der Waals surface area contributed by atoms with Crippen LogP contribution in [0.1, 0.15) is 80.8 Å². The fourth-order valence-corrected chi connectivity index (χ4v) is 5.27. The lowest BCUT2D eigenvalue weighted by atomic mass is 9.92. The van der Waals surface area contributed by atoms with Crippen LogP contribution >= 0.6 is 0 Å². The van der Waals surface area contributed by atoms with Crippen LogP contribution in [0, 0.1) is 0 Å². The number of fused-ring (bicyclic) bond motifs is 1. The Morgan fingerprint density at radius 2 is 1.83 bits per heavy atom. The van der Waals surface area contributed by atoms with E-state index in [1.165, 1.54) is 0 Å². The number of H-pyrrole nitrogens is 1. The van der Waals surface area contributed by atoms with E-state index in [0.29, 0.717) is 11.5 Å². The Labute approximate surface area is 212 Å². The number of carbonyl (C=O) groups excluding carboxylic acids is 1. The first kappa shape index (κ1) is 24.5. The number of piperidine rings is 1. The van der Waals surface area contributed by atoms with Gasteiger partial charge in [-0.2, -0.15) is 0 Å². The number of aliphatic hydroxyl groups is 1. The van der Waals surface area contributed by atoms with Crippen molar-refractivity contribution in [3.8, 4) is 0 Å². The van der Waals surface area contributed by atoms with Gasteiger partial charge in [0.1, 0.15) is 5.65 Å². The molecular weight excluding hydrogens is 454 g/mol. The Kier molecular flexibility index (Phi) is 7.36. The summed E-state index contributed by atoms with van der Waals surface area (Å²) in [5.41, 5.74) is 3.36. The lowest BCUT2D eigenvalue weighted by Gasteiger charge is -2.32. The molecule has 3 aromatic rings. The lowest BCUT2D eigenvalue weighted by molar-refractivity contribution is 0.0931. The molecule has 1 atom stereocenters. The topological polar surface area (TPSA) is 119 Å². The van der Waals surface area contributed by atoms with Crippen LogP contribution in [0.3, 0.4) is 0 Å². The molecule has 4 heterocycles. The molecular formula is C27H37N7O2. The smallest absolute Gasteiger partial charge is 0.255 e. The van der Waals surface area contributed by atoms with E-state index in [9.17, 15) is 9.90 Å². The van der Waals surface area contributed by atoms with Crippen molar-refractivity contribution < 1.29 is 9.90 Å². The second-order valence-electron chi connectivity index (χ2n) is 10.3. The van der Waals surface area contributed by atoms with Gasteiger partial charge in [-0.1, -0.05) is 13.8 Å². The Bertz CT molecular complexity index is 1170. The Balaban J connectivity index is 1.35. The number of hydrogen-bond acceptors (Lipinski definition) is 7. The molecule has 5 rings (SSSR count). The number of nitrogens with zero attached hydrogens (tertiary/aromatic N) is 4. The van der Waals surface area contributed by atoms with Crippen LogP contribution in [-0.4, -0.2) is 62.2 Å². The molecule has 36 heavy (non-hydrogen) atoms. The van der Waals surface area contributed by atoms with Gasteiger partial charge in [0.15, 0.2) is 0 Å². The summed E-state index contributed by atoms with van der Waals surface area (Å²) in [4.78, 5) is 32.5. The average Bonchev–Trinajstić information content (AvgIpc) is 3.35. The molecule has 2 fully saturated rings. The Hall–Kier alpha value is -3.20. The summed E-state index contributed by atoms with van der Waals surface area (Å²) in [6.07, 6.45) is 11.0. The van der Waals surface area contributed by atoms with E-state index in [-0.39, 0.29) is 24.1 Å². The first-order valence-corrected chi connectivity index (χ1v) is 13.3. The Morgan fingerprint density at radius 1 is 1.11 bits per heavy atom. The van der Waals surface area contributed by atoms with Gasteiger partial charge >= 0.3 is 0 Å². The summed E-state index contributed by atoms with van der Waals surface area (Å²) in [5, 5.41) is 17.8. The highest BCUT2D eigenvalue weighted by Crippen LogP contribution is 2.33. The van der Waals surface area contributed by atoms with Gasteiger partial charge in [-0.25, -0.2) is 15.0 Å². The zero-order valence-corrected chi connectivity index (χ0v) is 21.2. The highest BCUT2D eigenvalue weighted by Gasteiger charge is 2.27. The van der Waals surface area contributed by atoms with Crippen molar-refractivity contribution in [1.29, 1.82) is 0 Å². The number of aromatic nitrogens is 4. The molecule has 9 nitrogen and oxygen atoms in total. The number of rotatable bonds is 7. The minimum atomic E-state index is -0.223. The zero-order valence-electron chi connectivity index (χ0n) is 21.2. The van der Waals surface area contributed by atoms with E-state index in [0.717, 1.165) is 86.4 Å². The molecule has 1 aliphatic carbocycles. The SMILES string of the molecule is CCC(C)c1cc2c(NC3CCC(O)CC3)c(C(=O)NC3CCN(c4ncccn4)CC3)cnc2[nH]1. The fourth-order valence-electron chi connectivity index (χ4n) is 5.27. The van der Waals surface area contributed by atoms with Gasteiger partial charge in [0.25, 0.3) is 5.91 Å². The number of nitrogens with one attached hydrogen (secondary N) is 3. The number of carbonyl (C=O) groups is 1. The van der Waals surface area contributed by atoms with Crippen molar-refractivity contribution in [2.24, 2.45) is 0 Å².